The van der Waals surface area contributed by atoms with Crippen LogP contribution in [-0.2, 0) is 25.4 Å². The summed E-state index contributed by atoms with van der Waals surface area (Å²) < 4.78 is 18.2. The summed E-state index contributed by atoms with van der Waals surface area (Å²) in [4.78, 5) is 15.4. The summed E-state index contributed by atoms with van der Waals surface area (Å²) in [5, 5.41) is 12.6. The van der Waals surface area contributed by atoms with Crippen LogP contribution in [0.5, 0.6) is 0 Å². The van der Waals surface area contributed by atoms with Gasteiger partial charge in [0.25, 0.3) is 0 Å². The number of aliphatic hydroxyl groups excluding tert-OH is 1. The first-order valence-corrected chi connectivity index (χ1v) is 20.7. The van der Waals surface area contributed by atoms with E-state index in [1.807, 2.05) is 0 Å². The van der Waals surface area contributed by atoms with Crippen LogP contribution in [0.15, 0.2) is 65.0 Å². The van der Waals surface area contributed by atoms with E-state index in [0.29, 0.717) is 46.1 Å². The molecule has 1 aromatic rings. The van der Waals surface area contributed by atoms with Gasteiger partial charge in [-0.2, -0.15) is 0 Å². The van der Waals surface area contributed by atoms with Crippen molar-refractivity contribution in [1.29, 1.82) is 0 Å². The van der Waals surface area contributed by atoms with Crippen molar-refractivity contribution in [3.63, 3.8) is 0 Å². The van der Waals surface area contributed by atoms with Crippen LogP contribution in [0.3, 0.4) is 0 Å². The Kier molecular flexibility index (Phi) is 9.02. The Morgan fingerprint density at radius 2 is 1.79 bits per heavy atom. The van der Waals surface area contributed by atoms with Crippen LogP contribution < -0.4 is 0 Å². The number of allylic oxidation sites excluding steroid dienone is 1. The van der Waals surface area contributed by atoms with Crippen LogP contribution in [0, 0.1) is 35.0 Å². The number of piperidine rings is 1. The number of aliphatic hydroxyl groups is 1. The predicted molar refractivity (Wildman–Crippen MR) is 188 cm³/mol. The van der Waals surface area contributed by atoms with Crippen LogP contribution in [0.4, 0.5) is 0 Å². The van der Waals surface area contributed by atoms with Gasteiger partial charge in [-0.1, -0.05) is 71.7 Å². The topological polar surface area (TPSA) is 68.2 Å². The lowest BCUT2D eigenvalue weighted by molar-refractivity contribution is -0.133. The van der Waals surface area contributed by atoms with Crippen molar-refractivity contribution in [3.05, 3.63) is 70.6 Å². The average Bonchev–Trinajstić information content (AvgIpc) is 3.81. The zero-order valence-electron chi connectivity index (χ0n) is 28.2. The molecule has 5 heterocycles. The molecule has 1 aromatic carbocycles. The molecule has 2 saturated carbocycles. The van der Waals surface area contributed by atoms with Gasteiger partial charge in [0.2, 0.25) is 5.76 Å². The molecule has 8 rings (SSSR count). The Balaban J connectivity index is 1.18. The van der Waals surface area contributed by atoms with Gasteiger partial charge in [-0.15, -0.1) is 0 Å². The zero-order valence-corrected chi connectivity index (χ0v) is 29.8. The summed E-state index contributed by atoms with van der Waals surface area (Å²) in [7, 11) is 5.76. The van der Waals surface area contributed by atoms with Crippen molar-refractivity contribution >= 4 is 27.6 Å². The maximum atomic E-state index is 12.6. The summed E-state index contributed by atoms with van der Waals surface area (Å²) in [5.41, 5.74) is 2.32. The summed E-state index contributed by atoms with van der Waals surface area (Å²) in [5.74, 6) is 6.52. The molecule has 6 nitrogen and oxygen atoms in total. The fourth-order valence-electron chi connectivity index (χ4n) is 11.1. The average molecular weight is 678 g/mol. The molecule has 2 aliphatic carbocycles. The second kappa shape index (κ2) is 13.1. The highest BCUT2D eigenvalue weighted by Gasteiger charge is 2.55. The lowest BCUT2D eigenvalue weighted by Gasteiger charge is -2.52. The second-order valence-electron chi connectivity index (χ2n) is 15.6. The molecule has 7 aliphatic rings. The second-order valence-corrected chi connectivity index (χ2v) is 18.2. The molecule has 0 unspecified atom stereocenters. The molecule has 9 atom stereocenters. The van der Waals surface area contributed by atoms with E-state index in [2.05, 4.69) is 69.8 Å². The fraction of sp³-hybridized carbons (Fsp3) is 0.667. The van der Waals surface area contributed by atoms with Crippen molar-refractivity contribution in [2.75, 3.05) is 18.6 Å². The van der Waals surface area contributed by atoms with Gasteiger partial charge in [-0.05, 0) is 99.5 Å². The third-order valence-electron chi connectivity index (χ3n) is 13.2. The number of fused-ring (bicyclic) bond motifs is 4. The number of carbonyl (C=O) groups is 1. The molecular formula is C39H51NO5S2. The van der Waals surface area contributed by atoms with Crippen LogP contribution in [0.1, 0.15) is 83.6 Å². The molecule has 0 aromatic heterocycles. The zero-order chi connectivity index (χ0) is 32.3. The van der Waals surface area contributed by atoms with E-state index in [9.17, 15) is 9.90 Å². The van der Waals surface area contributed by atoms with Crippen molar-refractivity contribution < 1.29 is 24.1 Å². The minimum atomic E-state index is -0.364. The number of carbonyl (C=O) groups excluding carboxylic acids is 1. The van der Waals surface area contributed by atoms with Gasteiger partial charge in [-0.25, -0.2) is 4.79 Å². The van der Waals surface area contributed by atoms with Gasteiger partial charge < -0.3 is 19.3 Å². The van der Waals surface area contributed by atoms with E-state index in [-0.39, 0.29) is 36.0 Å². The number of rotatable bonds is 3. The van der Waals surface area contributed by atoms with Crippen molar-refractivity contribution in [2.45, 2.75) is 109 Å². The lowest BCUT2D eigenvalue weighted by Crippen LogP contribution is -2.61. The van der Waals surface area contributed by atoms with E-state index in [1.165, 1.54) is 49.8 Å². The number of esters is 1. The lowest BCUT2D eigenvalue weighted by atomic mass is 9.69. The Hall–Kier alpha value is -1.87. The van der Waals surface area contributed by atoms with Crippen LogP contribution in [-0.4, -0.2) is 58.8 Å². The maximum absolute atomic E-state index is 12.6. The van der Waals surface area contributed by atoms with Gasteiger partial charge in [-0.3, -0.25) is 4.90 Å². The van der Waals surface area contributed by atoms with Gasteiger partial charge in [0.1, 0.15) is 5.76 Å². The quantitative estimate of drug-likeness (QED) is 0.255. The number of hydrogen-bond acceptors (Lipinski definition) is 8. The van der Waals surface area contributed by atoms with Crippen molar-refractivity contribution in [1.82, 2.24) is 4.90 Å². The molecule has 0 radical (unpaired) electrons. The Bertz CT molecular complexity index is 1450. The molecule has 254 valence electrons. The van der Waals surface area contributed by atoms with Gasteiger partial charge in [0, 0.05) is 41.5 Å². The molecule has 47 heavy (non-hydrogen) atoms. The summed E-state index contributed by atoms with van der Waals surface area (Å²) in [6.45, 7) is 3.99. The fourth-order valence-corrected chi connectivity index (χ4v) is 13.9. The minimum Gasteiger partial charge on any atom is -0.492 e. The van der Waals surface area contributed by atoms with Crippen molar-refractivity contribution in [3.8, 4) is 0 Å². The first-order chi connectivity index (χ1) is 22.9. The van der Waals surface area contributed by atoms with E-state index in [4.69, 9.17) is 14.2 Å². The normalized spacial score (nSPS) is 40.1. The van der Waals surface area contributed by atoms with E-state index in [0.717, 1.165) is 49.5 Å². The first kappa shape index (κ1) is 32.3. The number of cyclic esters (lactones) is 1. The molecule has 0 amide bonds. The minimum absolute atomic E-state index is 0.0123. The molecule has 1 N–H and O–H groups in total. The Morgan fingerprint density at radius 3 is 2.57 bits per heavy atom. The van der Waals surface area contributed by atoms with E-state index < -0.39 is 0 Å². The maximum Gasteiger partial charge on any atom is 0.343 e. The molecule has 3 saturated heterocycles. The standard InChI is InChI=1S/C39H51NO5S2/c1-23-34-31-19-26(17-25-9-5-4-6-10-25)18-30-32(41)20-29-27(13-16-39(29)14-7-8-15-39)21-46-47-22-28(40(30)31)11-12-33(34)44-36(23)37-35(43-3)24(2)38(42)45-37/h4-6,9-10,12,23,26-32,34,41H,7-8,11,13-22H2,1-3H3/t23-,26+,27-,28+,29-,30-,31-,32+,34+/m1/s1. The highest BCUT2D eigenvalue weighted by molar-refractivity contribution is 8.76. The molecule has 5 aliphatic heterocycles. The van der Waals surface area contributed by atoms with Gasteiger partial charge in [0.15, 0.2) is 11.5 Å². The SMILES string of the molecule is COC1=C(C)C(=O)OC1=C1OC2=CC[C@H]3CSSC[C@H]4CCC5(CCCC5)[C@@H]4C[C@H](O)[C@H]4C[C@H](Cc5ccccc5)C[C@H]([C@@H]2[C@H]1C)N34. The van der Waals surface area contributed by atoms with Gasteiger partial charge in [0.05, 0.1) is 18.8 Å². The molecule has 1 spiro atoms. The van der Waals surface area contributed by atoms with E-state index in [1.54, 1.807) is 14.0 Å². The summed E-state index contributed by atoms with van der Waals surface area (Å²) >= 11 is 0. The molecule has 0 bridgehead atoms. The predicted octanol–water partition coefficient (Wildman–Crippen LogP) is 8.04. The molecular weight excluding hydrogens is 627 g/mol. The third-order valence-corrected chi connectivity index (χ3v) is 15.8. The summed E-state index contributed by atoms with van der Waals surface area (Å²) in [6.07, 6.45) is 15.1. The number of nitrogens with zero attached hydrogens (tertiary/aromatic N) is 1. The highest BCUT2D eigenvalue weighted by atomic mass is 33.1. The van der Waals surface area contributed by atoms with E-state index >= 15 is 0 Å². The van der Waals surface area contributed by atoms with Crippen LogP contribution in [0.25, 0.3) is 0 Å². The summed E-state index contributed by atoms with van der Waals surface area (Å²) in [6, 6.07) is 11.6. The number of hydrogen-bond donors (Lipinski definition) is 1. The van der Waals surface area contributed by atoms with Gasteiger partial charge >= 0.3 is 5.97 Å². The first-order valence-electron chi connectivity index (χ1n) is 18.2. The number of benzene rings is 1. The smallest absolute Gasteiger partial charge is 0.343 e. The van der Waals surface area contributed by atoms with Crippen molar-refractivity contribution in [2.24, 2.45) is 35.0 Å². The number of ether oxygens (including phenoxy) is 3. The Morgan fingerprint density at radius 1 is 1.02 bits per heavy atom. The molecule has 8 heteroatoms. The third kappa shape index (κ3) is 5.71. The largest absolute Gasteiger partial charge is 0.492 e. The van der Waals surface area contributed by atoms with Crippen LogP contribution in [0.2, 0.25) is 0 Å². The number of methoxy groups -OCH3 is 1. The van der Waals surface area contributed by atoms with Crippen LogP contribution >= 0.6 is 21.6 Å². The Labute approximate surface area is 288 Å². The molecule has 5 fully saturated rings. The highest BCUT2D eigenvalue weighted by Crippen LogP contribution is 2.60. The monoisotopic (exact) mass is 677 g/mol.